The molecule has 1 atom stereocenters. The van der Waals surface area contributed by atoms with Crippen molar-refractivity contribution in [1.82, 2.24) is 9.97 Å². The third-order valence-corrected chi connectivity index (χ3v) is 5.68. The van der Waals surface area contributed by atoms with Crippen LogP contribution in [0.2, 0.25) is 0 Å². The number of rotatable bonds is 2. The Morgan fingerprint density at radius 1 is 1.16 bits per heavy atom. The van der Waals surface area contributed by atoms with Gasteiger partial charge < -0.3 is 15.4 Å². The minimum absolute atomic E-state index is 0.00962. The maximum Gasteiger partial charge on any atom is 0.227 e. The monoisotopic (exact) mass is 459 g/mol. The first kappa shape index (κ1) is 21.9. The summed E-state index contributed by atoms with van der Waals surface area (Å²) in [6.07, 6.45) is 3.91. The van der Waals surface area contributed by atoms with E-state index in [1.165, 1.54) is 24.5 Å². The minimum atomic E-state index is -2.74. The fourth-order valence-electron chi connectivity index (χ4n) is 3.47. The Bertz CT molecular complexity index is 1250. The lowest BCUT2D eigenvalue weighted by Crippen LogP contribution is -2.07. The molecule has 4 bridgehead atoms. The van der Waals surface area contributed by atoms with Crippen LogP contribution in [-0.2, 0) is 15.5 Å². The summed E-state index contributed by atoms with van der Waals surface area (Å²) in [6, 6.07) is 9.35. The first-order valence-electron chi connectivity index (χ1n) is 10.1. The summed E-state index contributed by atoms with van der Waals surface area (Å²) in [5.74, 6) is -0.696. The van der Waals surface area contributed by atoms with Gasteiger partial charge in [0.05, 0.1) is 18.6 Å². The van der Waals surface area contributed by atoms with Crippen molar-refractivity contribution in [1.29, 1.82) is 4.78 Å². The third kappa shape index (κ3) is 5.50. The van der Waals surface area contributed by atoms with Crippen molar-refractivity contribution in [2.24, 2.45) is 0 Å². The van der Waals surface area contributed by atoms with Gasteiger partial charge in [0.25, 0.3) is 0 Å². The second-order valence-corrected chi connectivity index (χ2v) is 10.0. The Hall–Kier alpha value is -3.27. The molecule has 0 fully saturated rings. The van der Waals surface area contributed by atoms with Crippen LogP contribution in [0.5, 0.6) is 5.75 Å². The van der Waals surface area contributed by atoms with E-state index in [4.69, 9.17) is 9.52 Å². The van der Waals surface area contributed by atoms with E-state index in [-0.39, 0.29) is 23.1 Å². The SMILES string of the molecule is CS(=N)(=O)Cc1cc2cc(c1)Nc1ncc(F)c(n1)-c1ccc(F)cc1OCCCCN2. The minimum Gasteiger partial charge on any atom is -0.493 e. The molecular weight excluding hydrogens is 436 g/mol. The third-order valence-electron chi connectivity index (χ3n) is 4.79. The molecule has 1 aliphatic rings. The molecule has 3 N–H and O–H groups in total. The molecule has 0 radical (unpaired) electrons. The number of fused-ring (bicyclic) bond motifs is 6. The van der Waals surface area contributed by atoms with Gasteiger partial charge in [-0.3, -0.25) is 4.78 Å². The Balaban J connectivity index is 1.78. The average molecular weight is 460 g/mol. The zero-order chi connectivity index (χ0) is 22.7. The van der Waals surface area contributed by atoms with Crippen molar-refractivity contribution in [2.75, 3.05) is 30.0 Å². The van der Waals surface area contributed by atoms with Gasteiger partial charge >= 0.3 is 0 Å². The average Bonchev–Trinajstić information content (AvgIpc) is 2.71. The van der Waals surface area contributed by atoms with Crippen LogP contribution >= 0.6 is 0 Å². The quantitative estimate of drug-likeness (QED) is 0.503. The Morgan fingerprint density at radius 3 is 2.78 bits per heavy atom. The highest BCUT2D eigenvalue weighted by Gasteiger charge is 2.16. The van der Waals surface area contributed by atoms with Gasteiger partial charge in [-0.2, -0.15) is 0 Å². The highest BCUT2D eigenvalue weighted by Crippen LogP contribution is 2.32. The van der Waals surface area contributed by atoms with Crippen molar-refractivity contribution >= 4 is 27.1 Å². The summed E-state index contributed by atoms with van der Waals surface area (Å²) in [5.41, 5.74) is 2.44. The Kier molecular flexibility index (Phi) is 6.22. The van der Waals surface area contributed by atoms with Crippen LogP contribution in [0.4, 0.5) is 26.1 Å². The molecule has 0 amide bonds. The zero-order valence-corrected chi connectivity index (χ0v) is 18.3. The molecule has 1 unspecified atom stereocenters. The van der Waals surface area contributed by atoms with E-state index in [0.717, 1.165) is 23.9 Å². The molecule has 0 spiro atoms. The molecular formula is C22H23F2N5O2S. The molecule has 168 valence electrons. The lowest BCUT2D eigenvalue weighted by Gasteiger charge is -2.13. The fraction of sp³-hybridized carbons (Fsp3) is 0.273. The number of anilines is 3. The summed E-state index contributed by atoms with van der Waals surface area (Å²) in [4.78, 5) is 8.32. The van der Waals surface area contributed by atoms with Gasteiger partial charge in [-0.1, -0.05) is 0 Å². The smallest absolute Gasteiger partial charge is 0.227 e. The normalized spacial score (nSPS) is 15.6. The highest BCUT2D eigenvalue weighted by molar-refractivity contribution is 7.90. The number of hydrogen-bond donors (Lipinski definition) is 3. The van der Waals surface area contributed by atoms with Gasteiger partial charge in [0.15, 0.2) is 5.82 Å². The van der Waals surface area contributed by atoms with Crippen LogP contribution in [0.25, 0.3) is 11.3 Å². The van der Waals surface area contributed by atoms with Crippen molar-refractivity contribution in [2.45, 2.75) is 18.6 Å². The lowest BCUT2D eigenvalue weighted by molar-refractivity contribution is 0.308. The highest BCUT2D eigenvalue weighted by atomic mass is 32.2. The van der Waals surface area contributed by atoms with E-state index in [9.17, 15) is 13.0 Å². The molecule has 32 heavy (non-hydrogen) atoms. The summed E-state index contributed by atoms with van der Waals surface area (Å²) >= 11 is 0. The van der Waals surface area contributed by atoms with Crippen LogP contribution in [-0.4, -0.2) is 33.6 Å². The summed E-state index contributed by atoms with van der Waals surface area (Å²) in [6.45, 7) is 0.988. The number of nitrogens with one attached hydrogen (secondary N) is 3. The molecule has 1 aromatic heterocycles. The van der Waals surface area contributed by atoms with Gasteiger partial charge in [-0.25, -0.2) is 23.0 Å². The molecule has 4 rings (SSSR count). The van der Waals surface area contributed by atoms with Crippen LogP contribution in [0.1, 0.15) is 18.4 Å². The topological polar surface area (TPSA) is 100.0 Å². The maximum atomic E-state index is 14.6. The fourth-order valence-corrected chi connectivity index (χ4v) is 4.27. The molecule has 1 aliphatic heterocycles. The lowest BCUT2D eigenvalue weighted by atomic mass is 10.1. The number of hydrogen-bond acceptors (Lipinski definition) is 7. The predicted octanol–water partition coefficient (Wildman–Crippen LogP) is 4.93. The van der Waals surface area contributed by atoms with Gasteiger partial charge in [-0.15, -0.1) is 0 Å². The van der Waals surface area contributed by atoms with Crippen LogP contribution in [0.15, 0.2) is 42.6 Å². The van der Waals surface area contributed by atoms with Gasteiger partial charge in [0.2, 0.25) is 5.95 Å². The second-order valence-electron chi connectivity index (χ2n) is 7.71. The number of halogens is 2. The molecule has 0 saturated carbocycles. The second kappa shape index (κ2) is 9.07. The van der Waals surface area contributed by atoms with Crippen LogP contribution in [0, 0.1) is 16.4 Å². The number of nitrogens with zero attached hydrogens (tertiary/aromatic N) is 2. The predicted molar refractivity (Wildman–Crippen MR) is 121 cm³/mol. The number of ether oxygens (including phenoxy) is 1. The Morgan fingerprint density at radius 2 is 1.97 bits per heavy atom. The largest absolute Gasteiger partial charge is 0.493 e. The number of aromatic nitrogens is 2. The van der Waals surface area contributed by atoms with Crippen molar-refractivity contribution in [3.8, 4) is 17.0 Å². The Labute approximate surface area is 185 Å². The van der Waals surface area contributed by atoms with Gasteiger partial charge in [0, 0.05) is 45.5 Å². The molecule has 3 aromatic rings. The van der Waals surface area contributed by atoms with Crippen LogP contribution in [0.3, 0.4) is 0 Å². The van der Waals surface area contributed by atoms with E-state index in [1.807, 2.05) is 12.1 Å². The molecule has 2 heterocycles. The standard InChI is InChI=1S/C22H23F2N5O2S/c1-32(25,30)13-14-8-16-11-17(9-14)28-22-27-12-19(24)21(29-22)18-5-4-15(23)10-20(18)31-7-3-2-6-26-16/h4-5,8-12,25-26H,2-3,6-7,13H2,1H3,(H,27,28,29). The van der Waals surface area contributed by atoms with Gasteiger partial charge in [0.1, 0.15) is 17.3 Å². The molecule has 10 heteroatoms. The summed E-state index contributed by atoms with van der Waals surface area (Å²) in [7, 11) is -2.74. The molecule has 2 aromatic carbocycles. The first-order valence-corrected chi connectivity index (χ1v) is 12.2. The van der Waals surface area contributed by atoms with E-state index in [1.54, 1.807) is 6.07 Å². The van der Waals surface area contributed by atoms with E-state index in [0.29, 0.717) is 30.8 Å². The van der Waals surface area contributed by atoms with Crippen molar-refractivity contribution in [3.63, 3.8) is 0 Å². The van der Waals surface area contributed by atoms with Gasteiger partial charge in [-0.05, 0) is 48.7 Å². The summed E-state index contributed by atoms with van der Waals surface area (Å²) < 4.78 is 54.0. The molecule has 7 nitrogen and oxygen atoms in total. The number of benzene rings is 2. The zero-order valence-electron chi connectivity index (χ0n) is 17.5. The molecule has 0 aliphatic carbocycles. The summed E-state index contributed by atoms with van der Waals surface area (Å²) in [5, 5.41) is 6.36. The van der Waals surface area contributed by atoms with E-state index < -0.39 is 21.4 Å². The molecule has 0 saturated heterocycles. The maximum absolute atomic E-state index is 14.6. The van der Waals surface area contributed by atoms with Crippen molar-refractivity contribution in [3.05, 3.63) is 59.8 Å². The van der Waals surface area contributed by atoms with Crippen molar-refractivity contribution < 1.29 is 17.7 Å². The van der Waals surface area contributed by atoms with E-state index >= 15 is 0 Å². The van der Waals surface area contributed by atoms with Crippen LogP contribution < -0.4 is 15.4 Å². The van der Waals surface area contributed by atoms with E-state index in [2.05, 4.69) is 20.6 Å². The first-order chi connectivity index (χ1) is 15.3.